The molecule has 8 rings (SSSR count). The van der Waals surface area contributed by atoms with E-state index in [2.05, 4.69) is 57.3 Å². The van der Waals surface area contributed by atoms with E-state index in [9.17, 15) is 14.4 Å². The second kappa shape index (κ2) is 14.3. The first-order chi connectivity index (χ1) is 22.2. The summed E-state index contributed by atoms with van der Waals surface area (Å²) in [5, 5.41) is 14.2. The minimum absolute atomic E-state index is 0.0151. The normalized spacial score (nSPS) is 19.5. The fourth-order valence-electron chi connectivity index (χ4n) is 5.99. The van der Waals surface area contributed by atoms with Gasteiger partial charge in [-0.05, 0) is 108 Å². The SMILES string of the molecule is CC(C)(C)OC(=O)NC1CC(NC(=O)OC(C)(C)C)C(OCc2cn(CC(=O)c3cc4ccc3CCc3ccc(cc3)CC4)nn2)C1. The van der Waals surface area contributed by atoms with Crippen LogP contribution in [-0.2, 0) is 53.0 Å². The molecule has 11 heteroatoms. The van der Waals surface area contributed by atoms with Gasteiger partial charge >= 0.3 is 12.2 Å². The quantitative estimate of drug-likeness (QED) is 0.307. The number of nitrogens with one attached hydrogen (secondary N) is 2. The van der Waals surface area contributed by atoms with Crippen molar-refractivity contribution < 1.29 is 28.6 Å². The Labute approximate surface area is 276 Å². The van der Waals surface area contributed by atoms with Gasteiger partial charge in [-0.25, -0.2) is 14.3 Å². The van der Waals surface area contributed by atoms with Gasteiger partial charge in [0.15, 0.2) is 5.78 Å². The second-order valence-electron chi connectivity index (χ2n) is 14.6. The van der Waals surface area contributed by atoms with Gasteiger partial charge in [0.1, 0.15) is 23.4 Å². The van der Waals surface area contributed by atoms with Crippen LogP contribution in [-0.4, -0.2) is 62.4 Å². The van der Waals surface area contributed by atoms with E-state index in [-0.39, 0.29) is 25.0 Å². The molecule has 11 nitrogen and oxygen atoms in total. The Morgan fingerprint density at radius 3 is 2.06 bits per heavy atom. The molecule has 3 atom stereocenters. The Bertz CT molecular complexity index is 1570. The van der Waals surface area contributed by atoms with Crippen LogP contribution in [0.3, 0.4) is 0 Å². The molecule has 3 aromatic rings. The summed E-state index contributed by atoms with van der Waals surface area (Å²) in [6.45, 7) is 11.0. The number of hydrogen-bond donors (Lipinski definition) is 2. The third-order valence-electron chi connectivity index (χ3n) is 8.15. The Hall–Kier alpha value is -4.25. The van der Waals surface area contributed by atoms with Gasteiger partial charge in [-0.2, -0.15) is 0 Å². The third kappa shape index (κ3) is 10.1. The fraction of sp³-hybridized carbons (Fsp3) is 0.528. The Morgan fingerprint density at radius 1 is 0.809 bits per heavy atom. The van der Waals surface area contributed by atoms with Crippen molar-refractivity contribution in [3.8, 4) is 0 Å². The summed E-state index contributed by atoms with van der Waals surface area (Å²) in [7, 11) is 0. The van der Waals surface area contributed by atoms with E-state index < -0.39 is 35.5 Å². The number of hydrogen-bond acceptors (Lipinski definition) is 8. The first-order valence-corrected chi connectivity index (χ1v) is 16.4. The van der Waals surface area contributed by atoms with Crippen molar-refractivity contribution in [2.75, 3.05) is 0 Å². The van der Waals surface area contributed by atoms with Gasteiger partial charge in [0.2, 0.25) is 0 Å². The summed E-state index contributed by atoms with van der Waals surface area (Å²) < 4.78 is 18.6. The Balaban J connectivity index is 1.21. The molecule has 3 unspecified atom stereocenters. The maximum atomic E-state index is 13.6. The van der Waals surface area contributed by atoms with Crippen molar-refractivity contribution >= 4 is 18.0 Å². The third-order valence-corrected chi connectivity index (χ3v) is 8.15. The molecule has 2 N–H and O–H groups in total. The van der Waals surface area contributed by atoms with Crippen molar-refractivity contribution in [1.29, 1.82) is 0 Å². The van der Waals surface area contributed by atoms with E-state index in [1.54, 1.807) is 47.7 Å². The average molecular weight is 646 g/mol. The van der Waals surface area contributed by atoms with Gasteiger partial charge in [-0.1, -0.05) is 41.6 Å². The molecule has 1 saturated carbocycles. The molecule has 0 spiro atoms. The lowest BCUT2D eigenvalue weighted by molar-refractivity contribution is 0.0144. The molecule has 1 aromatic heterocycles. The lowest BCUT2D eigenvalue weighted by Gasteiger charge is -2.24. The summed E-state index contributed by atoms with van der Waals surface area (Å²) in [5.74, 6) is -0.0151. The maximum Gasteiger partial charge on any atom is 0.407 e. The molecule has 4 bridgehead atoms. The average Bonchev–Trinajstić information content (AvgIpc) is 3.56. The molecule has 5 aliphatic rings. The van der Waals surface area contributed by atoms with Crippen LogP contribution in [0.4, 0.5) is 9.59 Å². The van der Waals surface area contributed by atoms with Crippen LogP contribution < -0.4 is 10.6 Å². The highest BCUT2D eigenvalue weighted by Crippen LogP contribution is 2.26. The summed E-state index contributed by atoms with van der Waals surface area (Å²) in [4.78, 5) is 38.6. The van der Waals surface area contributed by atoms with Gasteiger partial charge in [-0.3, -0.25) is 4.79 Å². The number of Topliss-reactive ketones (excluding diaryl/α,β-unsaturated/α-hetero) is 1. The number of alkyl carbamates (subject to hydrolysis) is 2. The summed E-state index contributed by atoms with van der Waals surface area (Å²) in [6, 6.07) is 14.3. The molecule has 1 heterocycles. The molecule has 1 fully saturated rings. The van der Waals surface area contributed by atoms with Crippen LogP contribution in [0.25, 0.3) is 0 Å². The van der Waals surface area contributed by atoms with Crippen molar-refractivity contribution in [2.24, 2.45) is 0 Å². The number of aryl methyl sites for hydroxylation is 4. The maximum absolute atomic E-state index is 13.6. The van der Waals surface area contributed by atoms with E-state index in [0.717, 1.165) is 42.4 Å². The van der Waals surface area contributed by atoms with Crippen LogP contribution in [0.15, 0.2) is 48.7 Å². The van der Waals surface area contributed by atoms with Gasteiger partial charge in [0, 0.05) is 11.6 Å². The molecule has 5 aliphatic carbocycles. The molecular formula is C36H47N5O6. The highest BCUT2D eigenvalue weighted by molar-refractivity contribution is 5.97. The topological polar surface area (TPSA) is 134 Å². The predicted octanol–water partition coefficient (Wildman–Crippen LogP) is 5.51. The number of ether oxygens (including phenoxy) is 3. The monoisotopic (exact) mass is 645 g/mol. The van der Waals surface area contributed by atoms with Gasteiger partial charge in [0.25, 0.3) is 0 Å². The van der Waals surface area contributed by atoms with E-state index in [1.165, 1.54) is 15.8 Å². The predicted molar refractivity (Wildman–Crippen MR) is 176 cm³/mol. The number of rotatable bonds is 8. The zero-order valence-corrected chi connectivity index (χ0v) is 28.3. The molecule has 2 aromatic carbocycles. The molecule has 0 radical (unpaired) electrons. The van der Waals surface area contributed by atoms with E-state index >= 15 is 0 Å². The number of amides is 2. The molecule has 2 amide bonds. The number of benzene rings is 2. The van der Waals surface area contributed by atoms with Crippen LogP contribution in [0, 0.1) is 0 Å². The lowest BCUT2D eigenvalue weighted by Crippen LogP contribution is -2.44. The zero-order chi connectivity index (χ0) is 33.8. The van der Waals surface area contributed by atoms with Crippen molar-refractivity contribution in [2.45, 2.75) is 123 Å². The fourth-order valence-corrected chi connectivity index (χ4v) is 5.99. The number of carbonyl (C=O) groups is 3. The number of carbonyl (C=O) groups excluding carboxylic acids is 3. The van der Waals surface area contributed by atoms with Crippen LogP contribution in [0.2, 0.25) is 0 Å². The highest BCUT2D eigenvalue weighted by Gasteiger charge is 2.38. The van der Waals surface area contributed by atoms with Crippen molar-refractivity contribution in [1.82, 2.24) is 25.6 Å². The van der Waals surface area contributed by atoms with Crippen molar-refractivity contribution in [3.63, 3.8) is 0 Å². The van der Waals surface area contributed by atoms with Crippen LogP contribution in [0.1, 0.15) is 92.7 Å². The van der Waals surface area contributed by atoms with Crippen LogP contribution >= 0.6 is 0 Å². The summed E-state index contributed by atoms with van der Waals surface area (Å²) >= 11 is 0. The van der Waals surface area contributed by atoms with Crippen molar-refractivity contribution in [3.05, 3.63) is 82.2 Å². The molecule has 252 valence electrons. The molecule has 0 aliphatic heterocycles. The molecule has 47 heavy (non-hydrogen) atoms. The number of ketones is 1. The summed E-state index contributed by atoms with van der Waals surface area (Å²) in [5.41, 5.74) is 4.72. The van der Waals surface area contributed by atoms with Crippen LogP contribution in [0.5, 0.6) is 0 Å². The van der Waals surface area contributed by atoms with Gasteiger partial charge < -0.3 is 24.8 Å². The second-order valence-corrected chi connectivity index (χ2v) is 14.6. The molecular weight excluding hydrogens is 598 g/mol. The number of aromatic nitrogens is 3. The largest absolute Gasteiger partial charge is 0.444 e. The smallest absolute Gasteiger partial charge is 0.407 e. The zero-order valence-electron chi connectivity index (χ0n) is 28.3. The molecule has 0 saturated heterocycles. The van der Waals surface area contributed by atoms with E-state index in [0.29, 0.717) is 18.5 Å². The van der Waals surface area contributed by atoms with E-state index in [4.69, 9.17) is 14.2 Å². The summed E-state index contributed by atoms with van der Waals surface area (Å²) in [6.07, 6.45) is 4.53. The van der Waals surface area contributed by atoms with Gasteiger partial charge in [0.05, 0.1) is 24.9 Å². The Morgan fingerprint density at radius 2 is 1.40 bits per heavy atom. The van der Waals surface area contributed by atoms with E-state index in [1.807, 2.05) is 6.07 Å². The first kappa shape index (κ1) is 34.1. The van der Waals surface area contributed by atoms with Gasteiger partial charge in [-0.15, -0.1) is 5.10 Å². The highest BCUT2D eigenvalue weighted by atomic mass is 16.6. The Kier molecular flexibility index (Phi) is 10.3. The minimum Gasteiger partial charge on any atom is -0.444 e. The first-order valence-electron chi connectivity index (χ1n) is 16.4. The lowest BCUT2D eigenvalue weighted by atomic mass is 9.92. The standard InChI is InChI=1S/C36H47N5O6/c1-35(2,3)46-33(43)37-27-18-30(38-34(44)47-36(4,5)6)32(19-27)45-22-28-20-41(40-39-28)21-31(42)29-17-25-12-11-23-7-9-24(10-8-23)13-15-26(29)16-14-25/h7-10,14,16-17,20,27,30,32H,11-13,15,18-19,21-22H2,1-6H3,(H,37,43)(H,38,44). The minimum atomic E-state index is -0.661. The number of nitrogens with zero attached hydrogens (tertiary/aromatic N) is 3.